The van der Waals surface area contributed by atoms with Gasteiger partial charge in [-0.15, -0.1) is 0 Å². The summed E-state index contributed by atoms with van der Waals surface area (Å²) < 4.78 is 0. The number of hydrogen-bond donors (Lipinski definition) is 1. The molecule has 11 heavy (non-hydrogen) atoms. The summed E-state index contributed by atoms with van der Waals surface area (Å²) in [6.45, 7) is 2.16. The highest BCUT2D eigenvalue weighted by Crippen LogP contribution is 2.23. The van der Waals surface area contributed by atoms with Gasteiger partial charge in [0.1, 0.15) is 6.29 Å². The maximum atomic E-state index is 10.4. The summed E-state index contributed by atoms with van der Waals surface area (Å²) in [6, 6.07) is -0.00815. The zero-order valence-electron chi connectivity index (χ0n) is 6.92. The molecule has 1 rings (SSSR count). The second kappa shape index (κ2) is 3.67. The highest BCUT2D eigenvalue weighted by Gasteiger charge is 2.19. The van der Waals surface area contributed by atoms with E-state index < -0.39 is 0 Å². The average Bonchev–Trinajstić information content (AvgIpc) is 2.04. The zero-order chi connectivity index (χ0) is 8.27. The molecule has 0 aromatic heterocycles. The van der Waals surface area contributed by atoms with Gasteiger partial charge in [0.25, 0.3) is 0 Å². The van der Waals surface area contributed by atoms with Crippen molar-refractivity contribution in [1.29, 1.82) is 0 Å². The van der Waals surface area contributed by atoms with Crippen LogP contribution in [-0.4, -0.2) is 12.3 Å². The predicted octanol–water partition coefficient (Wildman–Crippen LogP) is 1.26. The quantitative estimate of drug-likeness (QED) is 0.607. The minimum absolute atomic E-state index is 0.00815. The lowest BCUT2D eigenvalue weighted by Crippen LogP contribution is -2.29. The van der Waals surface area contributed by atoms with Crippen LogP contribution in [0.25, 0.3) is 0 Å². The molecule has 0 saturated heterocycles. The molecule has 0 aromatic rings. The number of allylic oxidation sites excluding steroid dienone is 1. The minimum atomic E-state index is -0.00815. The van der Waals surface area contributed by atoms with Crippen molar-refractivity contribution in [2.24, 2.45) is 11.7 Å². The molecule has 0 spiro atoms. The Hall–Kier alpha value is -0.630. The van der Waals surface area contributed by atoms with Gasteiger partial charge in [0.2, 0.25) is 0 Å². The molecule has 62 valence electrons. The third kappa shape index (κ3) is 1.90. The number of hydrogen-bond acceptors (Lipinski definition) is 2. The van der Waals surface area contributed by atoms with Gasteiger partial charge in [-0.1, -0.05) is 19.4 Å². The topological polar surface area (TPSA) is 43.1 Å². The van der Waals surface area contributed by atoms with Gasteiger partial charge in [0.15, 0.2) is 0 Å². The molecule has 1 aliphatic rings. The summed E-state index contributed by atoms with van der Waals surface area (Å²) in [5.74, 6) is 0.689. The van der Waals surface area contributed by atoms with Crippen molar-refractivity contribution < 1.29 is 4.79 Å². The molecular weight excluding hydrogens is 138 g/mol. The van der Waals surface area contributed by atoms with Gasteiger partial charge in [-0.2, -0.15) is 0 Å². The summed E-state index contributed by atoms with van der Waals surface area (Å²) in [4.78, 5) is 10.4. The van der Waals surface area contributed by atoms with E-state index in [9.17, 15) is 4.79 Å². The van der Waals surface area contributed by atoms with E-state index in [1.165, 1.54) is 0 Å². The Kier molecular flexibility index (Phi) is 2.83. The third-order valence-electron chi connectivity index (χ3n) is 2.42. The Labute approximate surface area is 67.5 Å². The van der Waals surface area contributed by atoms with Crippen LogP contribution in [0.2, 0.25) is 0 Å². The van der Waals surface area contributed by atoms with Crippen molar-refractivity contribution >= 4 is 6.29 Å². The highest BCUT2D eigenvalue weighted by molar-refractivity contribution is 5.75. The molecule has 0 bridgehead atoms. The lowest BCUT2D eigenvalue weighted by atomic mass is 9.85. The molecule has 0 heterocycles. The van der Waals surface area contributed by atoms with Gasteiger partial charge in [-0.25, -0.2) is 0 Å². The molecule has 2 N–H and O–H groups in total. The molecule has 0 fully saturated rings. The number of aldehydes is 1. The minimum Gasteiger partial charge on any atom is -0.324 e. The van der Waals surface area contributed by atoms with Crippen LogP contribution >= 0.6 is 0 Å². The van der Waals surface area contributed by atoms with Crippen molar-refractivity contribution in [3.8, 4) is 0 Å². The van der Waals surface area contributed by atoms with Crippen molar-refractivity contribution in [1.82, 2.24) is 0 Å². The second-order valence-corrected chi connectivity index (χ2v) is 3.17. The van der Waals surface area contributed by atoms with Gasteiger partial charge >= 0.3 is 0 Å². The van der Waals surface area contributed by atoms with E-state index >= 15 is 0 Å². The molecule has 0 aromatic carbocycles. The number of rotatable bonds is 2. The molecule has 0 saturated carbocycles. The largest absolute Gasteiger partial charge is 0.324 e. The van der Waals surface area contributed by atoms with Crippen molar-refractivity contribution in [3.05, 3.63) is 11.6 Å². The van der Waals surface area contributed by atoms with Crippen molar-refractivity contribution in [2.75, 3.05) is 0 Å². The molecular formula is C9H15NO. The third-order valence-corrected chi connectivity index (χ3v) is 2.42. The summed E-state index contributed by atoms with van der Waals surface area (Å²) in [5.41, 5.74) is 6.54. The Bertz CT molecular complexity index is 174. The van der Waals surface area contributed by atoms with Gasteiger partial charge < -0.3 is 5.73 Å². The van der Waals surface area contributed by atoms with E-state index in [1.54, 1.807) is 0 Å². The summed E-state index contributed by atoms with van der Waals surface area (Å²) in [7, 11) is 0. The Balaban J connectivity index is 2.59. The van der Waals surface area contributed by atoms with Gasteiger partial charge in [-0.3, -0.25) is 4.79 Å². The SMILES string of the molecule is CCC1CC=C(C=O)C(N)C1. The zero-order valence-corrected chi connectivity index (χ0v) is 6.92. The smallest absolute Gasteiger partial charge is 0.147 e. The van der Waals surface area contributed by atoms with Crippen LogP contribution in [-0.2, 0) is 4.79 Å². The molecule has 0 radical (unpaired) electrons. The second-order valence-electron chi connectivity index (χ2n) is 3.17. The monoisotopic (exact) mass is 153 g/mol. The lowest BCUT2D eigenvalue weighted by molar-refractivity contribution is -0.105. The molecule has 2 nitrogen and oxygen atoms in total. The summed E-state index contributed by atoms with van der Waals surface area (Å²) >= 11 is 0. The summed E-state index contributed by atoms with van der Waals surface area (Å²) in [5, 5.41) is 0. The normalized spacial score (nSPS) is 31.3. The fourth-order valence-electron chi connectivity index (χ4n) is 1.51. The first-order chi connectivity index (χ1) is 5.27. The van der Waals surface area contributed by atoms with Crippen molar-refractivity contribution in [3.63, 3.8) is 0 Å². The fourth-order valence-corrected chi connectivity index (χ4v) is 1.51. The van der Waals surface area contributed by atoms with Crippen LogP contribution in [0.4, 0.5) is 0 Å². The number of nitrogens with two attached hydrogens (primary N) is 1. The maximum absolute atomic E-state index is 10.4. The van der Waals surface area contributed by atoms with Gasteiger partial charge in [-0.05, 0) is 18.8 Å². The predicted molar refractivity (Wildman–Crippen MR) is 45.1 cm³/mol. The Morgan fingerprint density at radius 1 is 1.82 bits per heavy atom. The first-order valence-corrected chi connectivity index (χ1v) is 4.18. The molecule has 1 aliphatic carbocycles. The average molecular weight is 153 g/mol. The van der Waals surface area contributed by atoms with E-state index in [-0.39, 0.29) is 6.04 Å². The van der Waals surface area contributed by atoms with E-state index in [0.717, 1.165) is 31.1 Å². The number of carbonyl (C=O) groups excluding carboxylic acids is 1. The molecule has 0 aliphatic heterocycles. The molecule has 0 amide bonds. The van der Waals surface area contributed by atoms with E-state index in [4.69, 9.17) is 5.73 Å². The highest BCUT2D eigenvalue weighted by atomic mass is 16.1. The van der Waals surface area contributed by atoms with E-state index in [2.05, 4.69) is 6.92 Å². The fraction of sp³-hybridized carbons (Fsp3) is 0.667. The standard InChI is InChI=1S/C9H15NO/c1-2-7-3-4-8(6-11)9(10)5-7/h4,6-7,9H,2-3,5,10H2,1H3. The first-order valence-electron chi connectivity index (χ1n) is 4.18. The maximum Gasteiger partial charge on any atom is 0.147 e. The van der Waals surface area contributed by atoms with E-state index in [1.807, 2.05) is 6.08 Å². The number of carbonyl (C=O) groups is 1. The molecule has 2 atom stereocenters. The van der Waals surface area contributed by atoms with Crippen LogP contribution in [0.3, 0.4) is 0 Å². The van der Waals surface area contributed by atoms with Crippen LogP contribution in [0.5, 0.6) is 0 Å². The Morgan fingerprint density at radius 3 is 3.00 bits per heavy atom. The van der Waals surface area contributed by atoms with Crippen LogP contribution in [0, 0.1) is 5.92 Å². The van der Waals surface area contributed by atoms with Crippen molar-refractivity contribution in [2.45, 2.75) is 32.2 Å². The van der Waals surface area contributed by atoms with Crippen LogP contribution < -0.4 is 5.73 Å². The summed E-state index contributed by atoms with van der Waals surface area (Å²) in [6.07, 6.45) is 6.03. The van der Waals surface area contributed by atoms with Gasteiger partial charge in [0, 0.05) is 11.6 Å². The lowest BCUT2D eigenvalue weighted by Gasteiger charge is -2.23. The van der Waals surface area contributed by atoms with Gasteiger partial charge in [0.05, 0.1) is 0 Å². The first kappa shape index (κ1) is 8.47. The Morgan fingerprint density at radius 2 is 2.55 bits per heavy atom. The molecule has 2 unspecified atom stereocenters. The van der Waals surface area contributed by atoms with Crippen LogP contribution in [0.1, 0.15) is 26.2 Å². The van der Waals surface area contributed by atoms with Crippen LogP contribution in [0.15, 0.2) is 11.6 Å². The molecule has 2 heteroatoms. The van der Waals surface area contributed by atoms with E-state index in [0.29, 0.717) is 5.92 Å².